The largest absolute Gasteiger partial charge is 0.234 e. The van der Waals surface area contributed by atoms with E-state index in [9.17, 15) is 4.39 Å². The third-order valence-electron chi connectivity index (χ3n) is 2.94. The van der Waals surface area contributed by atoms with Gasteiger partial charge >= 0.3 is 0 Å². The number of aryl methyl sites for hydroxylation is 1. The molecule has 1 aromatic carbocycles. The van der Waals surface area contributed by atoms with Crippen LogP contribution in [0.5, 0.6) is 0 Å². The summed E-state index contributed by atoms with van der Waals surface area (Å²) >= 11 is 0. The average molecular weight is 204 g/mol. The Morgan fingerprint density at radius 2 is 1.80 bits per heavy atom. The van der Waals surface area contributed by atoms with Gasteiger partial charge in [0.15, 0.2) is 5.67 Å². The van der Waals surface area contributed by atoms with E-state index in [2.05, 4.69) is 19.1 Å². The molecule has 0 fully saturated rings. The van der Waals surface area contributed by atoms with Crippen LogP contribution in [0.1, 0.15) is 37.8 Å². The first-order valence-electron chi connectivity index (χ1n) is 5.65. The predicted octanol–water partition coefficient (Wildman–Crippen LogP) is 4.15. The van der Waals surface area contributed by atoms with Gasteiger partial charge in [0.25, 0.3) is 0 Å². The van der Waals surface area contributed by atoms with Crippen molar-refractivity contribution in [2.45, 2.75) is 38.8 Å². The van der Waals surface area contributed by atoms with Crippen LogP contribution in [0.25, 0.3) is 5.57 Å². The molecular weight excluding hydrogens is 187 g/mol. The van der Waals surface area contributed by atoms with Crippen LogP contribution in [0.2, 0.25) is 0 Å². The number of halogens is 1. The van der Waals surface area contributed by atoms with E-state index in [4.69, 9.17) is 0 Å². The van der Waals surface area contributed by atoms with Gasteiger partial charge in [0.1, 0.15) is 0 Å². The van der Waals surface area contributed by atoms with E-state index in [1.165, 1.54) is 18.4 Å². The first kappa shape index (κ1) is 10.4. The lowest BCUT2D eigenvalue weighted by atomic mass is 10.0. The number of allylic oxidation sites excluding steroid dienone is 2. The van der Waals surface area contributed by atoms with E-state index in [1.807, 2.05) is 12.1 Å². The number of rotatable bonds is 4. The van der Waals surface area contributed by atoms with Crippen molar-refractivity contribution in [2.24, 2.45) is 0 Å². The molecule has 0 spiro atoms. The molecule has 15 heavy (non-hydrogen) atoms. The van der Waals surface area contributed by atoms with Crippen LogP contribution in [0.4, 0.5) is 4.39 Å². The summed E-state index contributed by atoms with van der Waals surface area (Å²) in [5, 5.41) is 0. The second kappa shape index (κ2) is 3.80. The Morgan fingerprint density at radius 3 is 2.27 bits per heavy atom. The highest BCUT2D eigenvalue weighted by Gasteiger charge is 2.39. The second-order valence-corrected chi connectivity index (χ2v) is 4.43. The molecule has 0 aromatic heterocycles. The molecule has 2 rings (SSSR count). The Hall–Kier alpha value is -1.11. The zero-order valence-electron chi connectivity index (χ0n) is 9.39. The van der Waals surface area contributed by atoms with Gasteiger partial charge in [-0.25, -0.2) is 4.39 Å². The van der Waals surface area contributed by atoms with Crippen LogP contribution in [0.3, 0.4) is 0 Å². The summed E-state index contributed by atoms with van der Waals surface area (Å²) in [6, 6.07) is 8.28. The van der Waals surface area contributed by atoms with Crippen molar-refractivity contribution >= 4 is 5.57 Å². The van der Waals surface area contributed by atoms with E-state index >= 15 is 0 Å². The van der Waals surface area contributed by atoms with Crippen molar-refractivity contribution in [1.82, 2.24) is 0 Å². The van der Waals surface area contributed by atoms with E-state index in [0.717, 1.165) is 17.6 Å². The quantitative estimate of drug-likeness (QED) is 0.691. The number of benzene rings is 1. The summed E-state index contributed by atoms with van der Waals surface area (Å²) in [4.78, 5) is 0. The molecule has 0 nitrogen and oxygen atoms in total. The molecule has 0 aliphatic heterocycles. The molecule has 0 N–H and O–H groups in total. The maximum absolute atomic E-state index is 13.4. The van der Waals surface area contributed by atoms with Crippen molar-refractivity contribution < 1.29 is 4.39 Å². The summed E-state index contributed by atoms with van der Waals surface area (Å²) in [7, 11) is 0. The Kier molecular flexibility index (Phi) is 2.64. The van der Waals surface area contributed by atoms with Crippen molar-refractivity contribution in [1.29, 1.82) is 0 Å². The van der Waals surface area contributed by atoms with Crippen molar-refractivity contribution in [3.05, 3.63) is 41.5 Å². The topological polar surface area (TPSA) is 0 Å². The molecule has 0 amide bonds. The zero-order valence-corrected chi connectivity index (χ0v) is 9.39. The zero-order chi connectivity index (χ0) is 10.9. The van der Waals surface area contributed by atoms with Gasteiger partial charge in [0.2, 0.25) is 0 Å². The van der Waals surface area contributed by atoms with Crippen LogP contribution in [-0.4, -0.2) is 5.67 Å². The molecule has 0 saturated carbocycles. The van der Waals surface area contributed by atoms with Gasteiger partial charge in [-0.3, -0.25) is 0 Å². The van der Waals surface area contributed by atoms with Crippen LogP contribution in [0, 0.1) is 0 Å². The third-order valence-corrected chi connectivity index (χ3v) is 2.94. The summed E-state index contributed by atoms with van der Waals surface area (Å²) in [6.07, 6.45) is 5.25. The van der Waals surface area contributed by atoms with E-state index in [1.54, 1.807) is 13.0 Å². The van der Waals surface area contributed by atoms with Crippen LogP contribution >= 0.6 is 0 Å². The highest BCUT2D eigenvalue weighted by atomic mass is 19.1. The van der Waals surface area contributed by atoms with E-state index < -0.39 is 5.67 Å². The van der Waals surface area contributed by atoms with Gasteiger partial charge in [-0.2, -0.15) is 0 Å². The second-order valence-electron chi connectivity index (χ2n) is 4.43. The molecule has 1 atom stereocenters. The third kappa shape index (κ3) is 2.28. The first-order valence-corrected chi connectivity index (χ1v) is 5.65. The first-order chi connectivity index (χ1) is 7.13. The minimum Gasteiger partial charge on any atom is -0.234 e. The molecule has 0 radical (unpaired) electrons. The van der Waals surface area contributed by atoms with Crippen LogP contribution in [0.15, 0.2) is 30.3 Å². The Bertz CT molecular complexity index is 371. The lowest BCUT2D eigenvalue weighted by Gasteiger charge is -2.03. The monoisotopic (exact) mass is 204 g/mol. The fourth-order valence-corrected chi connectivity index (χ4v) is 1.83. The van der Waals surface area contributed by atoms with Crippen LogP contribution in [-0.2, 0) is 6.42 Å². The predicted molar refractivity (Wildman–Crippen MR) is 62.5 cm³/mol. The minimum atomic E-state index is -1.15. The molecule has 0 bridgehead atoms. The average Bonchev–Trinajstić information content (AvgIpc) is 2.86. The summed E-state index contributed by atoms with van der Waals surface area (Å²) < 4.78 is 13.4. The van der Waals surface area contributed by atoms with Gasteiger partial charge in [-0.05, 0) is 42.5 Å². The maximum atomic E-state index is 13.4. The minimum absolute atomic E-state index is 0.838. The van der Waals surface area contributed by atoms with E-state index in [0.29, 0.717) is 0 Å². The highest BCUT2D eigenvalue weighted by molar-refractivity contribution is 5.87. The number of hydrogen-bond donors (Lipinski definition) is 0. The number of alkyl halides is 1. The lowest BCUT2D eigenvalue weighted by Crippen LogP contribution is -1.96. The smallest absolute Gasteiger partial charge is 0.152 e. The molecule has 1 aliphatic carbocycles. The maximum Gasteiger partial charge on any atom is 0.152 e. The Balaban J connectivity index is 2.02. The normalized spacial score (nSPS) is 23.8. The van der Waals surface area contributed by atoms with Crippen LogP contribution < -0.4 is 0 Å². The summed E-state index contributed by atoms with van der Waals surface area (Å²) in [5.41, 5.74) is 2.07. The molecule has 0 saturated heterocycles. The van der Waals surface area contributed by atoms with Gasteiger partial charge < -0.3 is 0 Å². The Morgan fingerprint density at radius 1 is 1.20 bits per heavy atom. The molecule has 1 aromatic rings. The van der Waals surface area contributed by atoms with Crippen molar-refractivity contribution in [2.75, 3.05) is 0 Å². The Labute approximate surface area is 90.8 Å². The number of hydrogen-bond acceptors (Lipinski definition) is 0. The number of unbranched alkanes of at least 4 members (excludes halogenated alkanes) is 1. The van der Waals surface area contributed by atoms with Gasteiger partial charge in [-0.1, -0.05) is 37.6 Å². The lowest BCUT2D eigenvalue weighted by molar-refractivity contribution is 0.384. The highest BCUT2D eigenvalue weighted by Crippen LogP contribution is 2.45. The van der Waals surface area contributed by atoms with E-state index in [-0.39, 0.29) is 0 Å². The van der Waals surface area contributed by atoms with Gasteiger partial charge in [0, 0.05) is 0 Å². The molecule has 1 unspecified atom stereocenters. The fraction of sp³-hybridized carbons (Fsp3) is 0.429. The summed E-state index contributed by atoms with van der Waals surface area (Å²) in [5.74, 6) is 0. The van der Waals surface area contributed by atoms with Gasteiger partial charge in [0.05, 0.1) is 0 Å². The molecule has 80 valence electrons. The van der Waals surface area contributed by atoms with Crippen molar-refractivity contribution in [3.8, 4) is 0 Å². The molecular formula is C14H17F. The summed E-state index contributed by atoms with van der Waals surface area (Å²) in [6.45, 7) is 3.80. The fourth-order valence-electron chi connectivity index (χ4n) is 1.83. The SMILES string of the molecule is CCCCc1ccc(C2=CC2(C)F)cc1. The standard InChI is InChI=1S/C14H17F/c1-3-4-5-11-6-8-12(9-7-11)13-10-14(13,2)15/h6-10H,3-5H2,1-2H3. The molecule has 0 heterocycles. The van der Waals surface area contributed by atoms with Gasteiger partial charge in [-0.15, -0.1) is 0 Å². The molecule has 1 aliphatic rings. The molecule has 1 heteroatoms. The van der Waals surface area contributed by atoms with Crippen molar-refractivity contribution in [3.63, 3.8) is 0 Å².